The maximum atomic E-state index is 11.8. The van der Waals surface area contributed by atoms with Crippen molar-refractivity contribution in [3.05, 3.63) is 0 Å². The Bertz CT molecular complexity index is 344. The van der Waals surface area contributed by atoms with Gasteiger partial charge in [-0.1, -0.05) is 20.8 Å². The van der Waals surface area contributed by atoms with Crippen LogP contribution in [0.15, 0.2) is 0 Å². The molecule has 1 saturated heterocycles. The summed E-state index contributed by atoms with van der Waals surface area (Å²) in [6.45, 7) is 8.19. The van der Waals surface area contributed by atoms with Crippen molar-refractivity contribution in [1.82, 2.24) is 10.0 Å². The van der Waals surface area contributed by atoms with Gasteiger partial charge in [-0.05, 0) is 25.8 Å². The lowest BCUT2D eigenvalue weighted by atomic mass is 10.0. The van der Waals surface area contributed by atoms with E-state index in [9.17, 15) is 8.42 Å². The summed E-state index contributed by atoms with van der Waals surface area (Å²) in [6, 6.07) is 0.400. The second kappa shape index (κ2) is 8.19. The summed E-state index contributed by atoms with van der Waals surface area (Å²) in [7, 11) is -3.14. The summed E-state index contributed by atoms with van der Waals surface area (Å²) >= 11 is 0. The molecule has 1 aliphatic heterocycles. The number of hydrogen-bond donors (Lipinski definition) is 2. The van der Waals surface area contributed by atoms with E-state index < -0.39 is 10.0 Å². The topological polar surface area (TPSA) is 67.4 Å². The fraction of sp³-hybridized carbons (Fsp3) is 1.00. The van der Waals surface area contributed by atoms with Gasteiger partial charge in [0.15, 0.2) is 0 Å². The van der Waals surface area contributed by atoms with E-state index in [1.165, 1.54) is 0 Å². The molecule has 1 heterocycles. The average Bonchev–Trinajstić information content (AvgIpc) is 2.79. The van der Waals surface area contributed by atoms with Crippen LogP contribution in [0.4, 0.5) is 0 Å². The third-order valence-corrected chi connectivity index (χ3v) is 4.89. The number of rotatable bonds is 9. The molecule has 0 aromatic carbocycles. The van der Waals surface area contributed by atoms with Crippen LogP contribution in [-0.4, -0.2) is 46.0 Å². The first-order valence-corrected chi connectivity index (χ1v) is 8.92. The van der Waals surface area contributed by atoms with Gasteiger partial charge in [0.25, 0.3) is 0 Å². The standard InChI is InChI=1S/C13H28N2O3S/c1-4-13-12(6-8-18-13)10-15-19(16,17)9-5-7-14-11(2)3/h11-15H,4-10H2,1-3H3. The first-order valence-electron chi connectivity index (χ1n) is 7.27. The minimum atomic E-state index is -3.14. The van der Waals surface area contributed by atoms with Gasteiger partial charge in [-0.25, -0.2) is 13.1 Å². The van der Waals surface area contributed by atoms with Crippen molar-refractivity contribution in [1.29, 1.82) is 0 Å². The highest BCUT2D eigenvalue weighted by molar-refractivity contribution is 7.89. The van der Waals surface area contributed by atoms with Crippen molar-refractivity contribution in [2.45, 2.75) is 52.2 Å². The lowest BCUT2D eigenvalue weighted by Crippen LogP contribution is -2.35. The monoisotopic (exact) mass is 292 g/mol. The summed E-state index contributed by atoms with van der Waals surface area (Å²) in [6.07, 6.45) is 2.76. The van der Waals surface area contributed by atoms with Gasteiger partial charge in [0.2, 0.25) is 10.0 Å². The molecule has 0 amide bonds. The van der Waals surface area contributed by atoms with E-state index in [4.69, 9.17) is 4.74 Å². The van der Waals surface area contributed by atoms with E-state index >= 15 is 0 Å². The van der Waals surface area contributed by atoms with Crippen LogP contribution in [-0.2, 0) is 14.8 Å². The second-order valence-corrected chi connectivity index (χ2v) is 7.42. The van der Waals surface area contributed by atoms with Gasteiger partial charge in [-0.2, -0.15) is 0 Å². The summed E-state index contributed by atoms with van der Waals surface area (Å²) in [5.74, 6) is 0.519. The molecule has 114 valence electrons. The largest absolute Gasteiger partial charge is 0.378 e. The first-order chi connectivity index (χ1) is 8.94. The van der Waals surface area contributed by atoms with Crippen LogP contribution in [0, 0.1) is 5.92 Å². The van der Waals surface area contributed by atoms with Crippen LogP contribution >= 0.6 is 0 Å². The predicted molar refractivity (Wildman–Crippen MR) is 77.7 cm³/mol. The molecule has 2 unspecified atom stereocenters. The molecule has 0 aromatic rings. The lowest BCUT2D eigenvalue weighted by molar-refractivity contribution is 0.0884. The molecule has 0 aliphatic carbocycles. The minimum Gasteiger partial charge on any atom is -0.378 e. The highest BCUT2D eigenvalue weighted by Gasteiger charge is 2.27. The number of sulfonamides is 1. The fourth-order valence-corrected chi connectivity index (χ4v) is 3.47. The summed E-state index contributed by atoms with van der Waals surface area (Å²) in [5.41, 5.74) is 0. The van der Waals surface area contributed by atoms with E-state index in [2.05, 4.69) is 30.8 Å². The van der Waals surface area contributed by atoms with Gasteiger partial charge in [0, 0.05) is 25.1 Å². The van der Waals surface area contributed by atoms with Crippen LogP contribution in [0.2, 0.25) is 0 Å². The van der Waals surface area contributed by atoms with Crippen molar-refractivity contribution in [3.8, 4) is 0 Å². The molecule has 0 spiro atoms. The van der Waals surface area contributed by atoms with Gasteiger partial charge < -0.3 is 10.1 Å². The van der Waals surface area contributed by atoms with Crippen LogP contribution in [0.3, 0.4) is 0 Å². The van der Waals surface area contributed by atoms with Crippen molar-refractivity contribution in [3.63, 3.8) is 0 Å². The average molecular weight is 292 g/mol. The zero-order valence-corrected chi connectivity index (χ0v) is 13.1. The van der Waals surface area contributed by atoms with Crippen LogP contribution < -0.4 is 10.0 Å². The Morgan fingerprint density at radius 1 is 1.37 bits per heavy atom. The molecule has 19 heavy (non-hydrogen) atoms. The third kappa shape index (κ3) is 6.70. The van der Waals surface area contributed by atoms with Crippen molar-refractivity contribution >= 4 is 10.0 Å². The van der Waals surface area contributed by atoms with Gasteiger partial charge in [0.1, 0.15) is 0 Å². The SMILES string of the molecule is CCC1OCCC1CNS(=O)(=O)CCCNC(C)C. The van der Waals surface area contributed by atoms with Crippen molar-refractivity contribution < 1.29 is 13.2 Å². The van der Waals surface area contributed by atoms with Gasteiger partial charge >= 0.3 is 0 Å². The Morgan fingerprint density at radius 3 is 2.74 bits per heavy atom. The minimum absolute atomic E-state index is 0.192. The molecule has 2 atom stereocenters. The number of ether oxygens (including phenoxy) is 1. The van der Waals surface area contributed by atoms with Crippen LogP contribution in [0.1, 0.15) is 40.0 Å². The molecule has 5 nitrogen and oxygen atoms in total. The molecule has 1 rings (SSSR count). The maximum absolute atomic E-state index is 11.8. The highest BCUT2D eigenvalue weighted by Crippen LogP contribution is 2.22. The zero-order valence-electron chi connectivity index (χ0n) is 12.3. The highest BCUT2D eigenvalue weighted by atomic mass is 32.2. The molecule has 6 heteroatoms. The molecule has 1 aliphatic rings. The fourth-order valence-electron chi connectivity index (χ4n) is 2.34. The lowest BCUT2D eigenvalue weighted by Gasteiger charge is -2.17. The molecular formula is C13H28N2O3S. The molecule has 2 N–H and O–H groups in total. The molecular weight excluding hydrogens is 264 g/mol. The Kier molecular flexibility index (Phi) is 7.28. The third-order valence-electron chi connectivity index (χ3n) is 3.46. The summed E-state index contributed by atoms with van der Waals surface area (Å²) in [5, 5.41) is 3.22. The molecule has 0 saturated carbocycles. The van der Waals surface area contributed by atoms with Gasteiger partial charge in [-0.3, -0.25) is 0 Å². The maximum Gasteiger partial charge on any atom is 0.211 e. The first kappa shape index (κ1) is 16.9. The molecule has 0 bridgehead atoms. The van der Waals surface area contributed by atoms with Crippen LogP contribution in [0.5, 0.6) is 0 Å². The smallest absolute Gasteiger partial charge is 0.211 e. The van der Waals surface area contributed by atoms with E-state index in [0.717, 1.165) is 26.0 Å². The van der Waals surface area contributed by atoms with E-state index in [1.54, 1.807) is 0 Å². The molecule has 0 aromatic heterocycles. The quantitative estimate of drug-likeness (QED) is 0.625. The summed E-state index contributed by atoms with van der Waals surface area (Å²) < 4.78 is 32.0. The number of nitrogens with one attached hydrogen (secondary N) is 2. The van der Waals surface area contributed by atoms with E-state index in [-0.39, 0.29) is 11.9 Å². The molecule has 1 fully saturated rings. The van der Waals surface area contributed by atoms with E-state index in [1.807, 2.05) is 0 Å². The molecule has 0 radical (unpaired) electrons. The zero-order chi connectivity index (χ0) is 14.3. The van der Waals surface area contributed by atoms with Gasteiger partial charge in [-0.15, -0.1) is 0 Å². The Labute approximate surface area is 117 Å². The van der Waals surface area contributed by atoms with Crippen molar-refractivity contribution in [2.75, 3.05) is 25.4 Å². The second-order valence-electron chi connectivity index (χ2n) is 5.50. The van der Waals surface area contributed by atoms with Crippen LogP contribution in [0.25, 0.3) is 0 Å². The van der Waals surface area contributed by atoms with Gasteiger partial charge in [0.05, 0.1) is 11.9 Å². The summed E-state index contributed by atoms with van der Waals surface area (Å²) in [4.78, 5) is 0. The predicted octanol–water partition coefficient (Wildman–Crippen LogP) is 1.11. The van der Waals surface area contributed by atoms with E-state index in [0.29, 0.717) is 24.9 Å². The number of hydrogen-bond acceptors (Lipinski definition) is 4. The Hall–Kier alpha value is -0.170. The Balaban J connectivity index is 2.23. The Morgan fingerprint density at radius 2 is 2.11 bits per heavy atom. The van der Waals surface area contributed by atoms with Crippen molar-refractivity contribution in [2.24, 2.45) is 5.92 Å². The normalized spacial score (nSPS) is 24.2.